The fourth-order valence-corrected chi connectivity index (χ4v) is 8.63. The fourth-order valence-electron chi connectivity index (χ4n) is 7.24. The number of nitrogens with zero attached hydrogens (tertiary/aromatic N) is 5. The first kappa shape index (κ1) is 30.1. The molecule has 6 heteroatoms. The van der Waals surface area contributed by atoms with Crippen LogP contribution in [0.3, 0.4) is 0 Å². The molecule has 5 aromatic heterocycles. The normalized spacial score (nSPS) is 11.5. The van der Waals surface area contributed by atoms with Crippen molar-refractivity contribution < 1.29 is 0 Å². The summed E-state index contributed by atoms with van der Waals surface area (Å²) >= 11 is 1.87. The Hall–Kier alpha value is -6.76. The number of hydrogen-bond donors (Lipinski definition) is 0. The molecule has 0 saturated heterocycles. The quantitative estimate of drug-likeness (QED) is 0.175. The number of fused-ring (bicyclic) bond motifs is 5. The summed E-state index contributed by atoms with van der Waals surface area (Å²) in [6.45, 7) is 0. The first-order chi connectivity index (χ1) is 25.8. The summed E-state index contributed by atoms with van der Waals surface area (Å²) in [5.41, 5.74) is 10.9. The monoisotopic (exact) mass is 683 g/mol. The highest BCUT2D eigenvalue weighted by atomic mass is 32.1. The molecular weight excluding hydrogens is 655 g/mol. The zero-order chi connectivity index (χ0) is 34.4. The van der Waals surface area contributed by atoms with Crippen LogP contribution in [0.5, 0.6) is 0 Å². The van der Waals surface area contributed by atoms with Crippen LogP contribution in [0, 0.1) is 0 Å². The van der Waals surface area contributed by atoms with Crippen molar-refractivity contribution >= 4 is 43.2 Å². The summed E-state index contributed by atoms with van der Waals surface area (Å²) in [5, 5.41) is 3.67. The van der Waals surface area contributed by atoms with E-state index in [0.717, 1.165) is 44.8 Å². The van der Waals surface area contributed by atoms with E-state index in [9.17, 15) is 0 Å². The maximum atomic E-state index is 5.26. The molecule has 0 radical (unpaired) electrons. The van der Waals surface area contributed by atoms with Crippen LogP contribution in [0.25, 0.3) is 93.0 Å². The van der Waals surface area contributed by atoms with Crippen LogP contribution in [0.15, 0.2) is 176 Å². The van der Waals surface area contributed by atoms with Crippen LogP contribution in [0.4, 0.5) is 0 Å². The zero-order valence-electron chi connectivity index (χ0n) is 27.9. The topological polar surface area (TPSA) is 56.5 Å². The van der Waals surface area contributed by atoms with Gasteiger partial charge in [0.25, 0.3) is 0 Å². The van der Waals surface area contributed by atoms with Crippen molar-refractivity contribution in [3.8, 4) is 61.2 Å². The zero-order valence-corrected chi connectivity index (χ0v) is 28.7. The Morgan fingerprint density at radius 3 is 1.79 bits per heavy atom. The standard InChI is InChI=1S/C46H29N5S/c1-3-9-33(10-4-1)42-37-19-20-40-43(45(37)52-44(42)34-11-5-2-6-12-34)36-13-7-8-14-39(36)51(40)41-29-38(49-46(50-41)35-23-27-48-28-24-35)32-17-15-30(16-18-32)31-21-25-47-26-22-31/h1-29H. The third-order valence-corrected chi connectivity index (χ3v) is 10.9. The second-order valence-corrected chi connectivity index (χ2v) is 13.7. The minimum atomic E-state index is 0.647. The van der Waals surface area contributed by atoms with Gasteiger partial charge in [-0.3, -0.25) is 14.5 Å². The molecule has 52 heavy (non-hydrogen) atoms. The summed E-state index contributed by atoms with van der Waals surface area (Å²) in [6.07, 6.45) is 7.22. The van der Waals surface area contributed by atoms with Crippen molar-refractivity contribution in [1.29, 1.82) is 0 Å². The van der Waals surface area contributed by atoms with Crippen molar-refractivity contribution in [3.05, 3.63) is 176 Å². The molecule has 5 nitrogen and oxygen atoms in total. The Kier molecular flexibility index (Phi) is 7.25. The molecule has 0 saturated carbocycles. The van der Waals surface area contributed by atoms with E-state index in [0.29, 0.717) is 5.82 Å². The van der Waals surface area contributed by atoms with E-state index in [2.05, 4.69) is 142 Å². The maximum absolute atomic E-state index is 5.26. The molecule has 0 spiro atoms. The van der Waals surface area contributed by atoms with Crippen LogP contribution in [0.2, 0.25) is 0 Å². The third-order valence-electron chi connectivity index (χ3n) is 9.66. The van der Waals surface area contributed by atoms with Gasteiger partial charge in [-0.05, 0) is 58.7 Å². The number of pyridine rings is 2. The second kappa shape index (κ2) is 12.5. The van der Waals surface area contributed by atoms with Crippen molar-refractivity contribution in [2.45, 2.75) is 0 Å². The highest BCUT2D eigenvalue weighted by molar-refractivity contribution is 7.24. The minimum Gasteiger partial charge on any atom is -0.294 e. The Balaban J connectivity index is 1.23. The van der Waals surface area contributed by atoms with Crippen molar-refractivity contribution in [2.75, 3.05) is 0 Å². The van der Waals surface area contributed by atoms with Gasteiger partial charge in [0.05, 0.1) is 16.7 Å². The lowest BCUT2D eigenvalue weighted by Gasteiger charge is -2.12. The van der Waals surface area contributed by atoms with Gasteiger partial charge in [-0.2, -0.15) is 0 Å². The van der Waals surface area contributed by atoms with Gasteiger partial charge >= 0.3 is 0 Å². The molecule has 10 rings (SSSR count). The summed E-state index contributed by atoms with van der Waals surface area (Å²) in [7, 11) is 0. The number of aromatic nitrogens is 5. The lowest BCUT2D eigenvalue weighted by Crippen LogP contribution is -2.02. The minimum absolute atomic E-state index is 0.647. The van der Waals surface area contributed by atoms with Crippen molar-refractivity contribution in [2.24, 2.45) is 0 Å². The lowest BCUT2D eigenvalue weighted by molar-refractivity contribution is 1.05. The number of para-hydroxylation sites is 1. The van der Waals surface area contributed by atoms with Gasteiger partial charge < -0.3 is 0 Å². The lowest BCUT2D eigenvalue weighted by atomic mass is 9.98. The summed E-state index contributed by atoms with van der Waals surface area (Å²) < 4.78 is 3.57. The molecular formula is C46H29N5S. The average molecular weight is 684 g/mol. The molecule has 0 aliphatic heterocycles. The predicted molar refractivity (Wildman–Crippen MR) is 215 cm³/mol. The van der Waals surface area contributed by atoms with Crippen LogP contribution in [0.1, 0.15) is 0 Å². The van der Waals surface area contributed by atoms with Crippen LogP contribution >= 0.6 is 11.3 Å². The number of rotatable bonds is 6. The van der Waals surface area contributed by atoms with Gasteiger partial charge in [-0.1, -0.05) is 109 Å². The van der Waals surface area contributed by atoms with Gasteiger partial charge in [0, 0.05) is 73.3 Å². The molecule has 5 heterocycles. The van der Waals surface area contributed by atoms with Gasteiger partial charge in [0.1, 0.15) is 5.82 Å². The molecule has 0 aliphatic carbocycles. The molecule has 0 aliphatic rings. The predicted octanol–water partition coefficient (Wildman–Crippen LogP) is 11.9. The number of benzene rings is 5. The van der Waals surface area contributed by atoms with Crippen LogP contribution < -0.4 is 0 Å². The van der Waals surface area contributed by atoms with Gasteiger partial charge in [0.15, 0.2) is 5.82 Å². The van der Waals surface area contributed by atoms with E-state index in [1.54, 1.807) is 12.4 Å². The smallest absolute Gasteiger partial charge is 0.162 e. The highest BCUT2D eigenvalue weighted by Gasteiger charge is 2.22. The van der Waals surface area contributed by atoms with E-state index in [4.69, 9.17) is 9.97 Å². The largest absolute Gasteiger partial charge is 0.294 e. The Labute approximate surface area is 304 Å². The van der Waals surface area contributed by atoms with E-state index in [1.165, 1.54) is 42.4 Å². The molecule has 0 unspecified atom stereocenters. The number of thiophene rings is 1. The molecule has 0 N–H and O–H groups in total. The number of hydrogen-bond acceptors (Lipinski definition) is 5. The third kappa shape index (κ3) is 5.08. The maximum Gasteiger partial charge on any atom is 0.162 e. The molecule has 10 aromatic rings. The van der Waals surface area contributed by atoms with E-state index in [1.807, 2.05) is 48.0 Å². The molecule has 0 fully saturated rings. The molecule has 0 bridgehead atoms. The fraction of sp³-hybridized carbons (Fsp3) is 0. The van der Waals surface area contributed by atoms with Gasteiger partial charge in [-0.25, -0.2) is 9.97 Å². The van der Waals surface area contributed by atoms with Gasteiger partial charge in [0.2, 0.25) is 0 Å². The summed E-state index contributed by atoms with van der Waals surface area (Å²) in [6, 6.07) is 53.4. The summed E-state index contributed by atoms with van der Waals surface area (Å²) in [4.78, 5) is 20.1. The van der Waals surface area contributed by atoms with Crippen molar-refractivity contribution in [3.63, 3.8) is 0 Å². The van der Waals surface area contributed by atoms with Crippen molar-refractivity contribution in [1.82, 2.24) is 24.5 Å². The average Bonchev–Trinajstić information content (AvgIpc) is 3.79. The molecule has 0 amide bonds. The second-order valence-electron chi connectivity index (χ2n) is 12.7. The molecule has 5 aromatic carbocycles. The van der Waals surface area contributed by atoms with E-state index >= 15 is 0 Å². The highest BCUT2D eigenvalue weighted by Crippen LogP contribution is 2.49. The van der Waals surface area contributed by atoms with Crippen LogP contribution in [-0.4, -0.2) is 24.5 Å². The Morgan fingerprint density at radius 2 is 1.06 bits per heavy atom. The summed E-state index contributed by atoms with van der Waals surface area (Å²) in [5.74, 6) is 1.46. The Bertz CT molecular complexity index is 2870. The van der Waals surface area contributed by atoms with Gasteiger partial charge in [-0.15, -0.1) is 11.3 Å². The SMILES string of the molecule is c1ccc(-c2sc3c(ccc4c3c3ccccc3n4-c3cc(-c4ccc(-c5ccncc5)cc4)nc(-c4ccncc4)n3)c2-c2ccccc2)cc1. The molecule has 0 atom stereocenters. The van der Waals surface area contributed by atoms with E-state index in [-0.39, 0.29) is 0 Å². The Morgan fingerprint density at radius 1 is 0.442 bits per heavy atom. The first-order valence-corrected chi connectivity index (χ1v) is 18.0. The van der Waals surface area contributed by atoms with Crippen LogP contribution in [-0.2, 0) is 0 Å². The molecule has 244 valence electrons. The first-order valence-electron chi connectivity index (χ1n) is 17.2. The van der Waals surface area contributed by atoms with E-state index < -0.39 is 0 Å².